The molecule has 0 unspecified atom stereocenters. The monoisotopic (exact) mass is 700 g/mol. The van der Waals surface area contributed by atoms with Gasteiger partial charge in [0.1, 0.15) is 0 Å². The lowest BCUT2D eigenvalue weighted by atomic mass is 9.90. The molecule has 0 radical (unpaired) electrons. The van der Waals surface area contributed by atoms with Crippen molar-refractivity contribution in [3.63, 3.8) is 0 Å². The molecule has 10 heteroatoms. The molecule has 1 heterocycles. The van der Waals surface area contributed by atoms with Gasteiger partial charge in [-0.1, -0.05) is 78.3 Å². The molecule has 42 heavy (non-hydrogen) atoms. The summed E-state index contributed by atoms with van der Waals surface area (Å²) in [5, 5.41) is 17.5. The minimum atomic E-state index is -0.412. The van der Waals surface area contributed by atoms with Crippen molar-refractivity contribution >= 4 is 52.0 Å². The minimum absolute atomic E-state index is 0.0355. The molecule has 8 nitrogen and oxygen atoms in total. The Kier molecular flexibility index (Phi) is 12.0. The Balaban J connectivity index is 1.46. The molecule has 0 spiro atoms. The summed E-state index contributed by atoms with van der Waals surface area (Å²) in [6.07, 6.45) is 2.21. The average molecular weight is 701 g/mol. The zero-order valence-corrected chi connectivity index (χ0v) is 26.4. The van der Waals surface area contributed by atoms with Gasteiger partial charge in [0.05, 0.1) is 17.5 Å². The maximum Gasteiger partial charge on any atom is 0.239 e. The highest BCUT2D eigenvalue weighted by Crippen LogP contribution is 2.27. The Hall–Kier alpha value is -3.15. The van der Waals surface area contributed by atoms with Gasteiger partial charge < -0.3 is 26.6 Å². The van der Waals surface area contributed by atoms with Crippen molar-refractivity contribution in [2.24, 2.45) is 5.73 Å². The van der Waals surface area contributed by atoms with Crippen LogP contribution >= 0.6 is 34.2 Å². The van der Waals surface area contributed by atoms with Crippen LogP contribution in [0.3, 0.4) is 0 Å². The van der Waals surface area contributed by atoms with Gasteiger partial charge in [0.15, 0.2) is 5.96 Å². The molecular formula is C32H38ClIN6O2. The van der Waals surface area contributed by atoms with Gasteiger partial charge in [0.2, 0.25) is 11.8 Å². The van der Waals surface area contributed by atoms with Crippen LogP contribution in [0.25, 0.3) is 0 Å². The summed E-state index contributed by atoms with van der Waals surface area (Å²) in [6.45, 7) is 2.07. The Labute approximate surface area is 266 Å². The number of rotatable bonds is 12. The Morgan fingerprint density at radius 3 is 2.36 bits per heavy atom. The fourth-order valence-corrected chi connectivity index (χ4v) is 5.83. The third-order valence-electron chi connectivity index (χ3n) is 7.48. The Morgan fingerprint density at radius 1 is 1.07 bits per heavy atom. The van der Waals surface area contributed by atoms with Gasteiger partial charge in [0.25, 0.3) is 0 Å². The lowest BCUT2D eigenvalue weighted by Crippen LogP contribution is -2.49. The van der Waals surface area contributed by atoms with Crippen LogP contribution in [0.5, 0.6) is 0 Å². The molecule has 4 rings (SSSR count). The largest absolute Gasteiger partial charge is 0.370 e. The number of nitrogens with one attached hydrogen (secondary N) is 4. The highest BCUT2D eigenvalue weighted by Gasteiger charge is 2.32. The molecule has 1 aliphatic heterocycles. The number of amides is 2. The second-order valence-electron chi connectivity index (χ2n) is 10.6. The van der Waals surface area contributed by atoms with Crippen molar-refractivity contribution in [1.82, 2.24) is 20.9 Å². The molecule has 222 valence electrons. The van der Waals surface area contributed by atoms with E-state index in [2.05, 4.69) is 62.8 Å². The first-order chi connectivity index (χ1) is 20.3. The average Bonchev–Trinajstić information content (AvgIpc) is 3.13. The summed E-state index contributed by atoms with van der Waals surface area (Å²) in [4.78, 5) is 28.7. The number of hydrogen-bond acceptors (Lipinski definition) is 4. The third kappa shape index (κ3) is 9.43. The first-order valence-corrected chi connectivity index (χ1v) is 15.7. The summed E-state index contributed by atoms with van der Waals surface area (Å²) < 4.78 is 0.946. The standard InChI is InChI=1S/C32H38ClIN6O2/c33-27-18-22(13-14-28(27)34)19-30(41)38-20-25-15-17-40(31(42)29(39-25)12-7-16-37-32(35)36)21-26(23-8-3-1-4-9-23)24-10-5-2-6-11-24/h1-6,8-11,13-14,18,25-26,29,39H,7,12,15-17,19-21H2,(H,38,41)(H4,35,36,37)/t25-,29-/m0/s1. The van der Waals surface area contributed by atoms with Crippen LogP contribution in [-0.4, -0.2) is 60.9 Å². The van der Waals surface area contributed by atoms with Crippen molar-refractivity contribution in [2.45, 2.75) is 43.7 Å². The quantitative estimate of drug-likeness (QED) is 0.0837. The van der Waals surface area contributed by atoms with Gasteiger partial charge >= 0.3 is 0 Å². The van der Waals surface area contributed by atoms with E-state index >= 15 is 0 Å². The summed E-state index contributed by atoms with van der Waals surface area (Å²) in [6, 6.07) is 25.8. The number of nitrogens with zero attached hydrogens (tertiary/aromatic N) is 1. The lowest BCUT2D eigenvalue weighted by Gasteiger charge is -2.29. The zero-order chi connectivity index (χ0) is 29.9. The molecule has 1 saturated heterocycles. The number of nitrogens with two attached hydrogens (primary N) is 1. The van der Waals surface area contributed by atoms with Crippen LogP contribution in [0.2, 0.25) is 5.02 Å². The van der Waals surface area contributed by atoms with Crippen LogP contribution in [0.4, 0.5) is 0 Å². The van der Waals surface area contributed by atoms with Crippen LogP contribution in [0, 0.1) is 8.98 Å². The van der Waals surface area contributed by atoms with E-state index in [1.54, 1.807) is 0 Å². The highest BCUT2D eigenvalue weighted by molar-refractivity contribution is 14.1. The number of guanidine groups is 1. The van der Waals surface area contributed by atoms with Crippen molar-refractivity contribution in [3.8, 4) is 0 Å². The number of carbonyl (C=O) groups excluding carboxylic acids is 2. The zero-order valence-electron chi connectivity index (χ0n) is 23.5. The maximum absolute atomic E-state index is 13.9. The Bertz CT molecular complexity index is 1300. The lowest BCUT2D eigenvalue weighted by molar-refractivity contribution is -0.133. The minimum Gasteiger partial charge on any atom is -0.370 e. The molecule has 1 fully saturated rings. The van der Waals surface area contributed by atoms with E-state index in [4.69, 9.17) is 22.7 Å². The van der Waals surface area contributed by atoms with Crippen molar-refractivity contribution in [1.29, 1.82) is 5.41 Å². The van der Waals surface area contributed by atoms with E-state index in [-0.39, 0.29) is 36.2 Å². The van der Waals surface area contributed by atoms with Crippen LogP contribution in [0.1, 0.15) is 41.9 Å². The first kappa shape index (κ1) is 31.8. The summed E-state index contributed by atoms with van der Waals surface area (Å²) >= 11 is 8.40. The predicted molar refractivity (Wildman–Crippen MR) is 177 cm³/mol. The second-order valence-corrected chi connectivity index (χ2v) is 12.1. The van der Waals surface area contributed by atoms with Crippen molar-refractivity contribution < 1.29 is 9.59 Å². The molecule has 0 saturated carbocycles. The van der Waals surface area contributed by atoms with E-state index in [1.807, 2.05) is 59.5 Å². The second kappa shape index (κ2) is 15.9. The van der Waals surface area contributed by atoms with E-state index < -0.39 is 6.04 Å². The maximum atomic E-state index is 13.9. The van der Waals surface area contributed by atoms with Gasteiger partial charge in [-0.25, -0.2) is 0 Å². The molecular weight excluding hydrogens is 663 g/mol. The van der Waals surface area contributed by atoms with E-state index in [1.165, 1.54) is 0 Å². The Morgan fingerprint density at radius 2 is 1.74 bits per heavy atom. The molecule has 3 aromatic carbocycles. The van der Waals surface area contributed by atoms with E-state index in [0.717, 1.165) is 20.3 Å². The summed E-state index contributed by atoms with van der Waals surface area (Å²) in [7, 11) is 0. The smallest absolute Gasteiger partial charge is 0.239 e. The fourth-order valence-electron chi connectivity index (χ4n) is 5.29. The SMILES string of the molecule is N=C(N)NCCC[C@@H]1N[C@H](CNC(=O)Cc2ccc(I)c(Cl)c2)CCN(CC(c2ccccc2)c2ccccc2)C1=O. The topological polar surface area (TPSA) is 123 Å². The summed E-state index contributed by atoms with van der Waals surface area (Å²) in [5.74, 6) is -0.0808. The van der Waals surface area contributed by atoms with Crippen LogP contribution in [-0.2, 0) is 16.0 Å². The molecule has 1 aliphatic rings. The van der Waals surface area contributed by atoms with Gasteiger partial charge in [-0.15, -0.1) is 0 Å². The number of benzene rings is 3. The number of halogens is 2. The molecule has 0 bridgehead atoms. The molecule has 0 aromatic heterocycles. The van der Waals surface area contributed by atoms with E-state index in [9.17, 15) is 9.59 Å². The number of carbonyl (C=O) groups is 2. The van der Waals surface area contributed by atoms with Crippen molar-refractivity contribution in [3.05, 3.63) is 104 Å². The van der Waals surface area contributed by atoms with Crippen molar-refractivity contribution in [2.75, 3.05) is 26.2 Å². The number of hydrogen-bond donors (Lipinski definition) is 5. The molecule has 3 aromatic rings. The van der Waals surface area contributed by atoms with Gasteiger partial charge in [0, 0.05) is 41.7 Å². The molecule has 2 amide bonds. The van der Waals surface area contributed by atoms with E-state index in [0.29, 0.717) is 50.5 Å². The predicted octanol–water partition coefficient (Wildman–Crippen LogP) is 4.26. The van der Waals surface area contributed by atoms with Gasteiger partial charge in [-0.2, -0.15) is 0 Å². The van der Waals surface area contributed by atoms with Crippen LogP contribution < -0.4 is 21.7 Å². The molecule has 2 atom stereocenters. The summed E-state index contributed by atoms with van der Waals surface area (Å²) in [5.41, 5.74) is 8.63. The third-order valence-corrected chi connectivity index (χ3v) is 9.05. The fraction of sp³-hybridized carbons (Fsp3) is 0.344. The first-order valence-electron chi connectivity index (χ1n) is 14.2. The van der Waals surface area contributed by atoms with Crippen LogP contribution in [0.15, 0.2) is 78.9 Å². The van der Waals surface area contributed by atoms with Gasteiger partial charge in [-0.05, 0) is 70.7 Å². The molecule has 6 N–H and O–H groups in total. The highest BCUT2D eigenvalue weighted by atomic mass is 127. The molecule has 0 aliphatic carbocycles. The van der Waals surface area contributed by atoms with Gasteiger partial charge in [-0.3, -0.25) is 15.0 Å². The normalized spacial score (nSPS) is 17.1.